The summed E-state index contributed by atoms with van der Waals surface area (Å²) in [6.07, 6.45) is 0.603. The zero-order valence-electron chi connectivity index (χ0n) is 10.5. The summed E-state index contributed by atoms with van der Waals surface area (Å²) in [6.45, 7) is 6.18. The van der Waals surface area contributed by atoms with E-state index in [2.05, 4.69) is 41.3 Å². The van der Waals surface area contributed by atoms with Crippen molar-refractivity contribution in [3.63, 3.8) is 0 Å². The number of benzene rings is 1. The van der Waals surface area contributed by atoms with Crippen molar-refractivity contribution < 1.29 is 4.74 Å². The smallest absolute Gasteiger partial charge is 0.166 e. The van der Waals surface area contributed by atoms with Gasteiger partial charge < -0.3 is 4.74 Å². The highest BCUT2D eigenvalue weighted by molar-refractivity contribution is 7.98. The standard InChI is InChI=1S/C13H16N2OS2/c1-9-7-15(8-10(2)16-9)18-13-14-11-5-3-4-6-12(11)17-13/h3-6,9-10H,7-8H2,1-2H3/t9-,10-/m1/s1. The average molecular weight is 280 g/mol. The minimum atomic E-state index is 0.302. The first-order chi connectivity index (χ1) is 8.70. The van der Waals surface area contributed by atoms with Gasteiger partial charge in [0.05, 0.1) is 22.4 Å². The Morgan fingerprint density at radius 3 is 2.72 bits per heavy atom. The van der Waals surface area contributed by atoms with Crippen LogP contribution >= 0.6 is 23.3 Å². The Hall–Kier alpha value is -0.620. The first-order valence-corrected chi connectivity index (χ1v) is 7.73. The van der Waals surface area contributed by atoms with Gasteiger partial charge in [-0.2, -0.15) is 0 Å². The van der Waals surface area contributed by atoms with Gasteiger partial charge in [0.2, 0.25) is 0 Å². The summed E-state index contributed by atoms with van der Waals surface area (Å²) < 4.78 is 10.5. The van der Waals surface area contributed by atoms with Crippen molar-refractivity contribution in [1.82, 2.24) is 9.29 Å². The topological polar surface area (TPSA) is 25.4 Å². The summed E-state index contributed by atoms with van der Waals surface area (Å²) in [5.41, 5.74) is 1.10. The van der Waals surface area contributed by atoms with E-state index in [1.165, 1.54) is 4.70 Å². The summed E-state index contributed by atoms with van der Waals surface area (Å²) in [6, 6.07) is 8.30. The molecule has 1 fully saturated rings. The van der Waals surface area contributed by atoms with Gasteiger partial charge in [-0.3, -0.25) is 0 Å². The molecule has 5 heteroatoms. The van der Waals surface area contributed by atoms with E-state index in [9.17, 15) is 0 Å². The second-order valence-corrected chi connectivity index (χ2v) is 7.02. The molecule has 0 spiro atoms. The second-order valence-electron chi connectivity index (χ2n) is 4.64. The van der Waals surface area contributed by atoms with Gasteiger partial charge in [-0.25, -0.2) is 9.29 Å². The van der Waals surface area contributed by atoms with Crippen molar-refractivity contribution in [3.05, 3.63) is 24.3 Å². The fraction of sp³-hybridized carbons (Fsp3) is 0.462. The maximum Gasteiger partial charge on any atom is 0.166 e. The molecule has 1 aromatic heterocycles. The molecule has 3 nitrogen and oxygen atoms in total. The van der Waals surface area contributed by atoms with E-state index < -0.39 is 0 Å². The van der Waals surface area contributed by atoms with E-state index in [0.29, 0.717) is 12.2 Å². The zero-order valence-corrected chi connectivity index (χ0v) is 12.1. The molecule has 0 N–H and O–H groups in total. The lowest BCUT2D eigenvalue weighted by atomic mass is 10.3. The first kappa shape index (κ1) is 12.4. The molecule has 0 unspecified atom stereocenters. The van der Waals surface area contributed by atoms with Crippen LogP contribution in [0, 0.1) is 0 Å². The number of ether oxygens (including phenoxy) is 1. The molecule has 0 amide bonds. The minimum absolute atomic E-state index is 0.302. The van der Waals surface area contributed by atoms with E-state index >= 15 is 0 Å². The molecule has 0 saturated carbocycles. The summed E-state index contributed by atoms with van der Waals surface area (Å²) in [5, 5.41) is 0. The van der Waals surface area contributed by atoms with Crippen LogP contribution in [-0.2, 0) is 4.74 Å². The molecular weight excluding hydrogens is 264 g/mol. The molecule has 3 rings (SSSR count). The molecule has 18 heavy (non-hydrogen) atoms. The lowest BCUT2D eigenvalue weighted by molar-refractivity contribution is -0.0414. The number of nitrogens with zero attached hydrogens (tertiary/aromatic N) is 2. The van der Waals surface area contributed by atoms with Crippen LogP contribution in [0.3, 0.4) is 0 Å². The molecule has 0 aliphatic carbocycles. The lowest BCUT2D eigenvalue weighted by Crippen LogP contribution is -2.41. The predicted octanol–water partition coefficient (Wildman–Crippen LogP) is 3.41. The summed E-state index contributed by atoms with van der Waals surface area (Å²) in [4.78, 5) is 4.66. The molecule has 1 aliphatic heterocycles. The molecular formula is C13H16N2OS2. The third kappa shape index (κ3) is 2.69. The second kappa shape index (κ2) is 5.17. The molecule has 1 aliphatic rings. The van der Waals surface area contributed by atoms with Gasteiger partial charge in [0.1, 0.15) is 0 Å². The monoisotopic (exact) mass is 280 g/mol. The van der Waals surface area contributed by atoms with Crippen molar-refractivity contribution in [2.75, 3.05) is 13.1 Å². The van der Waals surface area contributed by atoms with Gasteiger partial charge in [-0.15, -0.1) is 11.3 Å². The van der Waals surface area contributed by atoms with E-state index in [0.717, 1.165) is 22.9 Å². The Kier molecular flexibility index (Phi) is 3.56. The quantitative estimate of drug-likeness (QED) is 0.787. The van der Waals surface area contributed by atoms with Gasteiger partial charge in [0.15, 0.2) is 4.34 Å². The fourth-order valence-electron chi connectivity index (χ4n) is 2.21. The van der Waals surface area contributed by atoms with Crippen molar-refractivity contribution >= 4 is 33.5 Å². The van der Waals surface area contributed by atoms with E-state index in [1.54, 1.807) is 23.3 Å². The van der Waals surface area contributed by atoms with Crippen molar-refractivity contribution in [1.29, 1.82) is 0 Å². The van der Waals surface area contributed by atoms with Crippen LogP contribution in [-0.4, -0.2) is 34.6 Å². The lowest BCUT2D eigenvalue weighted by Gasteiger charge is -2.33. The number of hydrogen-bond donors (Lipinski definition) is 0. The van der Waals surface area contributed by atoms with Crippen LogP contribution in [0.5, 0.6) is 0 Å². The Bertz CT molecular complexity index is 500. The zero-order chi connectivity index (χ0) is 12.5. The summed E-state index contributed by atoms with van der Waals surface area (Å²) in [7, 11) is 0. The highest BCUT2D eigenvalue weighted by atomic mass is 32.2. The Morgan fingerprint density at radius 2 is 2.00 bits per heavy atom. The highest BCUT2D eigenvalue weighted by Crippen LogP contribution is 2.32. The number of para-hydroxylation sites is 1. The number of hydrogen-bond acceptors (Lipinski definition) is 5. The number of fused-ring (bicyclic) bond motifs is 1. The SMILES string of the molecule is C[C@@H]1CN(Sc2nc3ccccc3s2)C[C@@H](C)O1. The molecule has 96 valence electrons. The van der Waals surface area contributed by atoms with Gasteiger partial charge in [0, 0.05) is 13.1 Å². The molecule has 2 atom stereocenters. The molecule has 0 bridgehead atoms. The normalized spacial score (nSPS) is 25.7. The van der Waals surface area contributed by atoms with Crippen LogP contribution in [0.1, 0.15) is 13.8 Å². The van der Waals surface area contributed by atoms with Crippen LogP contribution in [0.15, 0.2) is 28.6 Å². The third-order valence-corrected chi connectivity index (χ3v) is 4.98. The highest BCUT2D eigenvalue weighted by Gasteiger charge is 2.23. The maximum atomic E-state index is 5.74. The van der Waals surface area contributed by atoms with Crippen LogP contribution in [0.4, 0.5) is 0 Å². The molecule has 0 radical (unpaired) electrons. The molecule has 2 heterocycles. The Labute approximate surface area is 115 Å². The van der Waals surface area contributed by atoms with Gasteiger partial charge in [-0.05, 0) is 37.9 Å². The number of rotatable bonds is 2. The number of aromatic nitrogens is 1. The van der Waals surface area contributed by atoms with Gasteiger partial charge >= 0.3 is 0 Å². The van der Waals surface area contributed by atoms with E-state index in [-0.39, 0.29) is 0 Å². The average Bonchev–Trinajstić information content (AvgIpc) is 2.69. The van der Waals surface area contributed by atoms with Crippen molar-refractivity contribution in [3.8, 4) is 0 Å². The minimum Gasteiger partial charge on any atom is -0.373 e. The first-order valence-electron chi connectivity index (χ1n) is 6.14. The van der Waals surface area contributed by atoms with Crippen molar-refractivity contribution in [2.24, 2.45) is 0 Å². The van der Waals surface area contributed by atoms with Crippen LogP contribution in [0.2, 0.25) is 0 Å². The maximum absolute atomic E-state index is 5.74. The van der Waals surface area contributed by atoms with Crippen LogP contribution < -0.4 is 0 Å². The van der Waals surface area contributed by atoms with Gasteiger partial charge in [-0.1, -0.05) is 12.1 Å². The predicted molar refractivity (Wildman–Crippen MR) is 77.1 cm³/mol. The van der Waals surface area contributed by atoms with Crippen molar-refractivity contribution in [2.45, 2.75) is 30.4 Å². The molecule has 1 aromatic carbocycles. The number of morpholine rings is 1. The summed E-state index contributed by atoms with van der Waals surface area (Å²) in [5.74, 6) is 0. The summed E-state index contributed by atoms with van der Waals surface area (Å²) >= 11 is 3.52. The Morgan fingerprint density at radius 1 is 1.28 bits per heavy atom. The largest absolute Gasteiger partial charge is 0.373 e. The van der Waals surface area contributed by atoms with E-state index in [4.69, 9.17) is 4.74 Å². The molecule has 1 saturated heterocycles. The Balaban J connectivity index is 1.75. The van der Waals surface area contributed by atoms with Gasteiger partial charge in [0.25, 0.3) is 0 Å². The molecule has 2 aromatic rings. The van der Waals surface area contributed by atoms with E-state index in [1.807, 2.05) is 6.07 Å². The number of thiazole rings is 1. The third-order valence-electron chi connectivity index (χ3n) is 2.87. The van der Waals surface area contributed by atoms with Crippen LogP contribution in [0.25, 0.3) is 10.2 Å². The fourth-order valence-corrected chi connectivity index (χ4v) is 4.57.